The number of carbonyl (C=O) groups is 1. The van der Waals surface area contributed by atoms with Gasteiger partial charge in [-0.2, -0.15) is 0 Å². The summed E-state index contributed by atoms with van der Waals surface area (Å²) in [6.07, 6.45) is 3.84. The van der Waals surface area contributed by atoms with Gasteiger partial charge in [0.15, 0.2) is 0 Å². The van der Waals surface area contributed by atoms with Crippen molar-refractivity contribution in [3.05, 3.63) is 83.1 Å². The number of carbonyl (C=O) groups excluding carboxylic acids is 1. The van der Waals surface area contributed by atoms with Crippen LogP contribution in [0.5, 0.6) is 0 Å². The average molecular weight is 414 g/mol. The van der Waals surface area contributed by atoms with Gasteiger partial charge in [-0.05, 0) is 54.4 Å². The molecule has 0 saturated carbocycles. The average Bonchev–Trinajstić information content (AvgIpc) is 3.11. The molecule has 0 bridgehead atoms. The summed E-state index contributed by atoms with van der Waals surface area (Å²) in [4.78, 5) is 18.5. The molecule has 0 unspecified atom stereocenters. The summed E-state index contributed by atoms with van der Waals surface area (Å²) in [6, 6.07) is 14.7. The second kappa shape index (κ2) is 7.26. The van der Waals surface area contributed by atoms with Gasteiger partial charge in [-0.25, -0.2) is 8.42 Å². The van der Waals surface area contributed by atoms with Crippen molar-refractivity contribution in [3.63, 3.8) is 0 Å². The molecule has 0 fully saturated rings. The summed E-state index contributed by atoms with van der Waals surface area (Å²) in [7, 11) is -3.79. The number of hydrogen-bond donors (Lipinski definition) is 1. The summed E-state index contributed by atoms with van der Waals surface area (Å²) in [5, 5.41) is 0.338. The Balaban J connectivity index is 1.63. The molecular weight excluding hydrogens is 398 g/mol. The number of sulfonamides is 1. The van der Waals surface area contributed by atoms with Gasteiger partial charge >= 0.3 is 0 Å². The maximum Gasteiger partial charge on any atom is 0.261 e. The highest BCUT2D eigenvalue weighted by Crippen LogP contribution is 2.32. The fourth-order valence-electron chi connectivity index (χ4n) is 3.15. The Morgan fingerprint density at radius 3 is 2.71 bits per heavy atom. The first kappa shape index (κ1) is 18.5. The van der Waals surface area contributed by atoms with Crippen LogP contribution in [-0.4, -0.2) is 25.9 Å². The third kappa shape index (κ3) is 3.58. The molecule has 1 aromatic heterocycles. The van der Waals surface area contributed by atoms with Gasteiger partial charge in [0.1, 0.15) is 0 Å². The quantitative estimate of drug-likeness (QED) is 0.706. The molecule has 0 radical (unpaired) electrons. The Hall–Kier alpha value is -2.90. The standard InChI is InChI=1S/C20H16ClN3O3S/c21-16-4-1-5-18(11-16)28(26,27)23-17-7-6-14-8-10-24(19(14)12-17)20(25)15-3-2-9-22-13-15/h1-7,9,11-13,23H,8,10H2. The number of benzene rings is 2. The fourth-order valence-corrected chi connectivity index (χ4v) is 4.50. The molecule has 3 aromatic rings. The van der Waals surface area contributed by atoms with E-state index in [0.29, 0.717) is 34.9 Å². The van der Waals surface area contributed by atoms with Crippen LogP contribution in [0.15, 0.2) is 71.9 Å². The van der Waals surface area contributed by atoms with Crippen molar-refractivity contribution in [1.29, 1.82) is 0 Å². The first-order valence-electron chi connectivity index (χ1n) is 8.57. The highest BCUT2D eigenvalue weighted by atomic mass is 35.5. The molecule has 2 heterocycles. The highest BCUT2D eigenvalue weighted by molar-refractivity contribution is 7.92. The minimum absolute atomic E-state index is 0.0730. The number of nitrogens with zero attached hydrogens (tertiary/aromatic N) is 2. The molecular formula is C20H16ClN3O3S. The smallest absolute Gasteiger partial charge is 0.261 e. The zero-order valence-corrected chi connectivity index (χ0v) is 16.2. The molecule has 2 aromatic carbocycles. The Labute approximate surface area is 167 Å². The minimum Gasteiger partial charge on any atom is -0.308 e. The van der Waals surface area contributed by atoms with E-state index in [4.69, 9.17) is 11.6 Å². The Morgan fingerprint density at radius 2 is 1.96 bits per heavy atom. The SMILES string of the molecule is O=C(c1cccnc1)N1CCc2ccc(NS(=O)(=O)c3cccc(Cl)c3)cc21. The number of hydrogen-bond acceptors (Lipinski definition) is 4. The number of pyridine rings is 1. The summed E-state index contributed by atoms with van der Waals surface area (Å²) in [5.41, 5.74) is 2.55. The van der Waals surface area contributed by atoms with Crippen LogP contribution in [0.4, 0.5) is 11.4 Å². The molecule has 28 heavy (non-hydrogen) atoms. The number of amides is 1. The van der Waals surface area contributed by atoms with Gasteiger partial charge in [-0.3, -0.25) is 14.5 Å². The fraction of sp³-hybridized carbons (Fsp3) is 0.100. The van der Waals surface area contributed by atoms with E-state index in [-0.39, 0.29) is 10.8 Å². The van der Waals surface area contributed by atoms with Crippen molar-refractivity contribution in [2.45, 2.75) is 11.3 Å². The van der Waals surface area contributed by atoms with Crippen LogP contribution >= 0.6 is 11.6 Å². The van der Waals surface area contributed by atoms with Crippen molar-refractivity contribution < 1.29 is 13.2 Å². The third-order valence-electron chi connectivity index (χ3n) is 4.49. The molecule has 142 valence electrons. The number of rotatable bonds is 4. The molecule has 0 aliphatic carbocycles. The molecule has 0 atom stereocenters. The second-order valence-corrected chi connectivity index (χ2v) is 8.47. The van der Waals surface area contributed by atoms with E-state index in [1.807, 2.05) is 6.07 Å². The predicted molar refractivity (Wildman–Crippen MR) is 108 cm³/mol. The number of anilines is 2. The molecule has 1 amide bonds. The number of aromatic nitrogens is 1. The molecule has 1 aliphatic rings. The lowest BCUT2D eigenvalue weighted by Gasteiger charge is -2.18. The van der Waals surface area contributed by atoms with Crippen molar-refractivity contribution in [3.8, 4) is 0 Å². The van der Waals surface area contributed by atoms with Gasteiger partial charge < -0.3 is 4.90 Å². The first-order chi connectivity index (χ1) is 13.4. The van der Waals surface area contributed by atoms with E-state index in [9.17, 15) is 13.2 Å². The van der Waals surface area contributed by atoms with Crippen molar-refractivity contribution in [1.82, 2.24) is 4.98 Å². The van der Waals surface area contributed by atoms with Crippen LogP contribution in [0.25, 0.3) is 0 Å². The first-order valence-corrected chi connectivity index (χ1v) is 10.4. The van der Waals surface area contributed by atoms with Crippen LogP contribution in [0, 0.1) is 0 Å². The normalized spacial score (nSPS) is 13.2. The number of fused-ring (bicyclic) bond motifs is 1. The van der Waals surface area contributed by atoms with Crippen molar-refractivity contribution >= 4 is 38.9 Å². The highest BCUT2D eigenvalue weighted by Gasteiger charge is 2.26. The van der Waals surface area contributed by atoms with Crippen LogP contribution < -0.4 is 9.62 Å². The van der Waals surface area contributed by atoms with Crippen LogP contribution in [0.3, 0.4) is 0 Å². The molecule has 1 aliphatic heterocycles. The van der Waals surface area contributed by atoms with Gasteiger partial charge in [0.25, 0.3) is 15.9 Å². The van der Waals surface area contributed by atoms with Crippen molar-refractivity contribution in [2.24, 2.45) is 0 Å². The lowest BCUT2D eigenvalue weighted by atomic mass is 10.1. The van der Waals surface area contributed by atoms with E-state index < -0.39 is 10.0 Å². The molecule has 0 saturated heterocycles. The van der Waals surface area contributed by atoms with Gasteiger partial charge in [-0.15, -0.1) is 0 Å². The topological polar surface area (TPSA) is 79.4 Å². The maximum absolute atomic E-state index is 12.8. The van der Waals surface area contributed by atoms with Crippen LogP contribution in [0.1, 0.15) is 15.9 Å². The molecule has 0 spiro atoms. The monoisotopic (exact) mass is 413 g/mol. The lowest BCUT2D eigenvalue weighted by Crippen LogP contribution is -2.29. The van der Waals surface area contributed by atoms with Gasteiger partial charge in [0.05, 0.1) is 16.1 Å². The molecule has 4 rings (SSSR count). The van der Waals surface area contributed by atoms with Crippen LogP contribution in [-0.2, 0) is 16.4 Å². The third-order valence-corrected chi connectivity index (χ3v) is 6.11. The Morgan fingerprint density at radius 1 is 1.11 bits per heavy atom. The Bertz CT molecular complexity index is 1150. The molecule has 1 N–H and O–H groups in total. The van der Waals surface area contributed by atoms with E-state index in [0.717, 1.165) is 5.56 Å². The largest absolute Gasteiger partial charge is 0.308 e. The lowest BCUT2D eigenvalue weighted by molar-refractivity contribution is 0.0989. The summed E-state index contributed by atoms with van der Waals surface area (Å²) >= 11 is 5.90. The zero-order valence-electron chi connectivity index (χ0n) is 14.7. The summed E-state index contributed by atoms with van der Waals surface area (Å²) in [6.45, 7) is 0.535. The molecule has 8 heteroatoms. The van der Waals surface area contributed by atoms with E-state index >= 15 is 0 Å². The van der Waals surface area contributed by atoms with Crippen molar-refractivity contribution in [2.75, 3.05) is 16.2 Å². The van der Waals surface area contributed by atoms with E-state index in [1.165, 1.54) is 18.3 Å². The van der Waals surface area contributed by atoms with E-state index in [2.05, 4.69) is 9.71 Å². The minimum atomic E-state index is -3.79. The van der Waals surface area contributed by atoms with Crippen LogP contribution in [0.2, 0.25) is 5.02 Å². The number of nitrogens with one attached hydrogen (secondary N) is 1. The van der Waals surface area contributed by atoms with E-state index in [1.54, 1.807) is 47.5 Å². The maximum atomic E-state index is 12.8. The zero-order chi connectivity index (χ0) is 19.7. The summed E-state index contributed by atoms with van der Waals surface area (Å²) in [5.74, 6) is -0.165. The number of halogens is 1. The van der Waals surface area contributed by atoms with Gasteiger partial charge in [0, 0.05) is 29.6 Å². The molecule has 6 nitrogen and oxygen atoms in total. The van der Waals surface area contributed by atoms with Gasteiger partial charge in [0.2, 0.25) is 0 Å². The van der Waals surface area contributed by atoms with Gasteiger partial charge in [-0.1, -0.05) is 23.7 Å². The predicted octanol–water partition coefficient (Wildman–Crippen LogP) is 3.74. The summed E-state index contributed by atoms with van der Waals surface area (Å²) < 4.78 is 27.8. The second-order valence-electron chi connectivity index (χ2n) is 6.35. The Kier molecular flexibility index (Phi) is 4.78.